The molecule has 21 heavy (non-hydrogen) atoms. The van der Waals surface area contributed by atoms with E-state index in [0.29, 0.717) is 17.0 Å². The standard InChI is InChI=1S/C14H13N3O2S2/c15-9-11-2-1-3-13(8-11)21(18,19)7-6-20-14-5-4-12(16)10-17-14/h1-5,8,10H,6-7,16H2. The molecule has 0 radical (unpaired) electrons. The Morgan fingerprint density at radius 1 is 1.29 bits per heavy atom. The van der Waals surface area contributed by atoms with Gasteiger partial charge in [0.1, 0.15) is 0 Å². The van der Waals surface area contributed by atoms with Gasteiger partial charge in [-0.25, -0.2) is 13.4 Å². The summed E-state index contributed by atoms with van der Waals surface area (Å²) >= 11 is 1.35. The molecule has 0 spiro atoms. The Labute approximate surface area is 127 Å². The van der Waals surface area contributed by atoms with Gasteiger partial charge in [0.2, 0.25) is 0 Å². The zero-order valence-corrected chi connectivity index (χ0v) is 12.7. The van der Waals surface area contributed by atoms with Gasteiger partial charge in [-0.15, -0.1) is 11.8 Å². The minimum Gasteiger partial charge on any atom is -0.397 e. The summed E-state index contributed by atoms with van der Waals surface area (Å²) in [4.78, 5) is 4.27. The quantitative estimate of drug-likeness (QED) is 0.848. The van der Waals surface area contributed by atoms with E-state index in [1.807, 2.05) is 6.07 Å². The second-order valence-electron chi connectivity index (χ2n) is 4.24. The Morgan fingerprint density at radius 3 is 2.76 bits per heavy atom. The van der Waals surface area contributed by atoms with Crippen molar-refractivity contribution in [1.82, 2.24) is 4.98 Å². The first-order chi connectivity index (χ1) is 10.0. The van der Waals surface area contributed by atoms with Crippen LogP contribution >= 0.6 is 11.8 Å². The highest BCUT2D eigenvalue weighted by molar-refractivity contribution is 8.00. The molecule has 0 saturated carbocycles. The third kappa shape index (κ3) is 4.21. The van der Waals surface area contributed by atoms with Crippen LogP contribution < -0.4 is 5.73 Å². The fraction of sp³-hybridized carbons (Fsp3) is 0.143. The van der Waals surface area contributed by atoms with E-state index < -0.39 is 9.84 Å². The number of hydrogen-bond acceptors (Lipinski definition) is 6. The number of nitriles is 1. The van der Waals surface area contributed by atoms with Crippen LogP contribution in [0.1, 0.15) is 5.56 Å². The minimum atomic E-state index is -3.40. The van der Waals surface area contributed by atoms with Gasteiger partial charge in [-0.3, -0.25) is 0 Å². The van der Waals surface area contributed by atoms with E-state index in [1.54, 1.807) is 24.3 Å². The van der Waals surface area contributed by atoms with Gasteiger partial charge in [-0.1, -0.05) is 6.07 Å². The van der Waals surface area contributed by atoms with E-state index in [9.17, 15) is 8.42 Å². The topological polar surface area (TPSA) is 96.8 Å². The first kappa shape index (κ1) is 15.4. The second kappa shape index (κ2) is 6.61. The molecule has 0 amide bonds. The van der Waals surface area contributed by atoms with Crippen molar-refractivity contribution >= 4 is 27.3 Å². The predicted molar refractivity (Wildman–Crippen MR) is 82.6 cm³/mol. The molecule has 0 saturated heterocycles. The highest BCUT2D eigenvalue weighted by atomic mass is 32.2. The van der Waals surface area contributed by atoms with Crippen molar-refractivity contribution in [3.63, 3.8) is 0 Å². The van der Waals surface area contributed by atoms with Crippen LogP contribution in [0.4, 0.5) is 5.69 Å². The van der Waals surface area contributed by atoms with Crippen LogP contribution in [0.2, 0.25) is 0 Å². The van der Waals surface area contributed by atoms with Gasteiger partial charge >= 0.3 is 0 Å². The smallest absolute Gasteiger partial charge is 0.179 e. The van der Waals surface area contributed by atoms with Crippen LogP contribution in [-0.4, -0.2) is 24.9 Å². The molecule has 108 valence electrons. The zero-order chi connectivity index (χ0) is 15.3. The molecular formula is C14H13N3O2S2. The van der Waals surface area contributed by atoms with E-state index in [1.165, 1.54) is 30.1 Å². The Kier molecular flexibility index (Phi) is 4.83. The highest BCUT2D eigenvalue weighted by Gasteiger charge is 2.14. The number of pyridine rings is 1. The summed E-state index contributed by atoms with van der Waals surface area (Å²) in [6.07, 6.45) is 1.53. The van der Waals surface area contributed by atoms with E-state index in [2.05, 4.69) is 4.98 Å². The SMILES string of the molecule is N#Cc1cccc(S(=O)(=O)CCSc2ccc(N)cn2)c1. The molecule has 2 rings (SSSR count). The normalized spacial score (nSPS) is 11.0. The Bertz CT molecular complexity index is 766. The fourth-order valence-electron chi connectivity index (χ4n) is 1.61. The van der Waals surface area contributed by atoms with Crippen LogP contribution in [0.3, 0.4) is 0 Å². The number of rotatable bonds is 5. The molecule has 2 N–H and O–H groups in total. The zero-order valence-electron chi connectivity index (χ0n) is 11.1. The number of nitrogens with two attached hydrogens (primary N) is 1. The van der Waals surface area contributed by atoms with Gasteiger partial charge in [0.05, 0.1) is 39.2 Å². The number of benzene rings is 1. The molecule has 0 atom stereocenters. The van der Waals surface area contributed by atoms with Crippen LogP contribution in [0, 0.1) is 11.3 Å². The summed E-state index contributed by atoms with van der Waals surface area (Å²) in [6.45, 7) is 0. The highest BCUT2D eigenvalue weighted by Crippen LogP contribution is 2.19. The first-order valence-corrected chi connectivity index (χ1v) is 8.72. The monoisotopic (exact) mass is 319 g/mol. The van der Waals surface area contributed by atoms with E-state index in [0.717, 1.165) is 5.03 Å². The molecule has 1 aromatic carbocycles. The molecular weight excluding hydrogens is 306 g/mol. The largest absolute Gasteiger partial charge is 0.397 e. The van der Waals surface area contributed by atoms with Crippen molar-refractivity contribution in [2.24, 2.45) is 0 Å². The lowest BCUT2D eigenvalue weighted by Gasteiger charge is -2.05. The average Bonchev–Trinajstić information content (AvgIpc) is 2.49. The van der Waals surface area contributed by atoms with Crippen molar-refractivity contribution < 1.29 is 8.42 Å². The van der Waals surface area contributed by atoms with Crippen LogP contribution in [0.15, 0.2) is 52.5 Å². The summed E-state index contributed by atoms with van der Waals surface area (Å²) in [5, 5.41) is 9.53. The minimum absolute atomic E-state index is 0.0153. The maximum absolute atomic E-state index is 12.2. The van der Waals surface area contributed by atoms with Crippen molar-refractivity contribution in [2.75, 3.05) is 17.2 Å². The van der Waals surface area contributed by atoms with Crippen LogP contribution in [0.5, 0.6) is 0 Å². The lowest BCUT2D eigenvalue weighted by atomic mass is 10.2. The van der Waals surface area contributed by atoms with Crippen molar-refractivity contribution in [2.45, 2.75) is 9.92 Å². The van der Waals surface area contributed by atoms with Gasteiger partial charge in [-0.2, -0.15) is 5.26 Å². The van der Waals surface area contributed by atoms with Crippen molar-refractivity contribution in [1.29, 1.82) is 5.26 Å². The maximum Gasteiger partial charge on any atom is 0.179 e. The molecule has 0 aliphatic heterocycles. The maximum atomic E-state index is 12.2. The fourth-order valence-corrected chi connectivity index (χ4v) is 4.15. The predicted octanol–water partition coefficient (Wildman–Crippen LogP) is 2.10. The summed E-state index contributed by atoms with van der Waals surface area (Å²) in [6, 6.07) is 11.4. The summed E-state index contributed by atoms with van der Waals surface area (Å²) < 4.78 is 24.4. The molecule has 0 bridgehead atoms. The van der Waals surface area contributed by atoms with Gasteiger partial charge < -0.3 is 5.73 Å². The second-order valence-corrected chi connectivity index (χ2v) is 7.46. The van der Waals surface area contributed by atoms with E-state index >= 15 is 0 Å². The number of thioether (sulfide) groups is 1. The van der Waals surface area contributed by atoms with Gasteiger partial charge in [0.15, 0.2) is 9.84 Å². The average molecular weight is 319 g/mol. The number of hydrogen-bond donors (Lipinski definition) is 1. The summed E-state index contributed by atoms with van der Waals surface area (Å²) in [7, 11) is -3.40. The molecule has 7 heteroatoms. The molecule has 0 aliphatic carbocycles. The summed E-state index contributed by atoms with van der Waals surface area (Å²) in [5.74, 6) is 0.370. The van der Waals surface area contributed by atoms with Gasteiger partial charge in [0.25, 0.3) is 0 Å². The third-order valence-electron chi connectivity index (χ3n) is 2.68. The van der Waals surface area contributed by atoms with Gasteiger partial charge in [0, 0.05) is 5.75 Å². The molecule has 0 fully saturated rings. The molecule has 0 unspecified atom stereocenters. The molecule has 1 heterocycles. The molecule has 0 aliphatic rings. The van der Waals surface area contributed by atoms with E-state index in [-0.39, 0.29) is 10.6 Å². The molecule has 1 aromatic heterocycles. The van der Waals surface area contributed by atoms with Crippen LogP contribution in [-0.2, 0) is 9.84 Å². The van der Waals surface area contributed by atoms with Crippen molar-refractivity contribution in [3.05, 3.63) is 48.2 Å². The number of aromatic nitrogens is 1. The van der Waals surface area contributed by atoms with Crippen LogP contribution in [0.25, 0.3) is 0 Å². The molecule has 2 aromatic rings. The Hall–Kier alpha value is -2.04. The Balaban J connectivity index is 2.01. The van der Waals surface area contributed by atoms with Gasteiger partial charge in [-0.05, 0) is 30.3 Å². The lowest BCUT2D eigenvalue weighted by Crippen LogP contribution is -2.09. The number of nitrogens with zero attached hydrogens (tertiary/aromatic N) is 2. The first-order valence-electron chi connectivity index (χ1n) is 6.08. The third-order valence-corrected chi connectivity index (χ3v) is 5.60. The van der Waals surface area contributed by atoms with E-state index in [4.69, 9.17) is 11.0 Å². The summed E-state index contributed by atoms with van der Waals surface area (Å²) in [5.41, 5.74) is 6.44. The number of anilines is 1. The lowest BCUT2D eigenvalue weighted by molar-refractivity contribution is 0.597. The molecule has 5 nitrogen and oxygen atoms in total. The Morgan fingerprint density at radius 2 is 2.10 bits per heavy atom. The number of sulfone groups is 1. The van der Waals surface area contributed by atoms with Crippen molar-refractivity contribution in [3.8, 4) is 6.07 Å². The number of nitrogen functional groups attached to an aromatic ring is 1.